The number of thiocarbonyl (C=S) groups is 1. The largest absolute Gasteiger partial charge is 0.420 e. The Labute approximate surface area is 208 Å². The molecule has 34 heavy (non-hydrogen) atoms. The Morgan fingerprint density at radius 3 is 2.50 bits per heavy atom. The third-order valence-corrected chi connectivity index (χ3v) is 9.25. The number of hydrogen-bond acceptors (Lipinski definition) is 9. The number of rotatable bonds is 5. The number of hydrogen-bond donors (Lipinski definition) is 0. The van der Waals surface area contributed by atoms with Gasteiger partial charge < -0.3 is 14.1 Å². The van der Waals surface area contributed by atoms with Gasteiger partial charge in [-0.2, -0.15) is 4.98 Å². The van der Waals surface area contributed by atoms with E-state index in [0.717, 1.165) is 31.2 Å². The highest BCUT2D eigenvalue weighted by atomic mass is 32.2. The first kappa shape index (κ1) is 23.5. The van der Waals surface area contributed by atoms with Crippen LogP contribution < -0.4 is 4.90 Å². The van der Waals surface area contributed by atoms with Crippen LogP contribution in [0.4, 0.5) is 5.88 Å². The number of morpholine rings is 1. The molecule has 180 valence electrons. The molecule has 0 radical (unpaired) electrons. The van der Waals surface area contributed by atoms with Gasteiger partial charge in [0.2, 0.25) is 26.6 Å². The van der Waals surface area contributed by atoms with Crippen molar-refractivity contribution in [2.45, 2.75) is 48.6 Å². The van der Waals surface area contributed by atoms with Crippen LogP contribution in [0.15, 0.2) is 43.5 Å². The van der Waals surface area contributed by atoms with Crippen molar-refractivity contribution >= 4 is 56.0 Å². The number of oxazole rings is 1. The number of benzene rings is 1. The molecule has 0 atom stereocenters. The number of sulfone groups is 1. The molecule has 3 aliphatic rings. The zero-order valence-corrected chi connectivity index (χ0v) is 21.2. The molecule has 1 aliphatic carbocycles. The Bertz CT molecular complexity index is 1240. The molecule has 1 aromatic carbocycles. The zero-order chi connectivity index (χ0) is 23.9. The summed E-state index contributed by atoms with van der Waals surface area (Å²) < 4.78 is 38.9. The fraction of sp³-hybridized carbons (Fsp3) is 0.435. The molecule has 3 fully saturated rings. The lowest BCUT2D eigenvalue weighted by Crippen LogP contribution is -2.36. The highest BCUT2D eigenvalue weighted by Crippen LogP contribution is 2.39. The van der Waals surface area contributed by atoms with Gasteiger partial charge in [0.15, 0.2) is 0 Å². The van der Waals surface area contributed by atoms with Crippen LogP contribution >= 0.6 is 24.0 Å². The van der Waals surface area contributed by atoms with E-state index in [9.17, 15) is 13.2 Å². The van der Waals surface area contributed by atoms with Crippen LogP contribution in [0.3, 0.4) is 0 Å². The number of anilines is 1. The zero-order valence-electron chi connectivity index (χ0n) is 18.7. The van der Waals surface area contributed by atoms with Gasteiger partial charge >= 0.3 is 0 Å². The highest BCUT2D eigenvalue weighted by molar-refractivity contribution is 8.26. The number of amides is 1. The number of ether oxygens (including phenoxy) is 1. The average Bonchev–Trinajstić information content (AvgIpc) is 3.55. The Kier molecular flexibility index (Phi) is 6.54. The molecule has 0 unspecified atom stereocenters. The summed E-state index contributed by atoms with van der Waals surface area (Å²) in [4.78, 5) is 21.5. The molecule has 1 aromatic heterocycles. The van der Waals surface area contributed by atoms with E-state index >= 15 is 0 Å². The summed E-state index contributed by atoms with van der Waals surface area (Å²) in [5.74, 6) is 0.0662. The summed E-state index contributed by atoms with van der Waals surface area (Å²) in [5, 5.41) is -0.157. The fourth-order valence-electron chi connectivity index (χ4n) is 4.41. The normalized spacial score (nSPS) is 21.3. The molecule has 2 saturated heterocycles. The molecule has 2 aromatic rings. The van der Waals surface area contributed by atoms with E-state index in [1.165, 1.54) is 17.8 Å². The summed E-state index contributed by atoms with van der Waals surface area (Å²) in [7, 11) is -3.94. The third kappa shape index (κ3) is 4.41. The van der Waals surface area contributed by atoms with E-state index in [-0.39, 0.29) is 33.6 Å². The van der Waals surface area contributed by atoms with Gasteiger partial charge in [0.25, 0.3) is 5.91 Å². The average molecular weight is 520 g/mol. The van der Waals surface area contributed by atoms with Gasteiger partial charge in [-0.3, -0.25) is 9.69 Å². The summed E-state index contributed by atoms with van der Waals surface area (Å²) in [6.45, 7) is 3.77. The fourth-order valence-corrected chi connectivity index (χ4v) is 7.11. The van der Waals surface area contributed by atoms with Gasteiger partial charge in [-0.05, 0) is 31.9 Å². The van der Waals surface area contributed by atoms with Crippen molar-refractivity contribution < 1.29 is 22.4 Å². The third-order valence-electron chi connectivity index (χ3n) is 6.25. The van der Waals surface area contributed by atoms with Gasteiger partial charge in [0.1, 0.15) is 4.32 Å². The first-order chi connectivity index (χ1) is 16.3. The monoisotopic (exact) mass is 519 g/mol. The lowest BCUT2D eigenvalue weighted by Gasteiger charge is -2.26. The summed E-state index contributed by atoms with van der Waals surface area (Å²) in [6, 6.07) is 6.75. The van der Waals surface area contributed by atoms with Gasteiger partial charge in [0, 0.05) is 25.2 Å². The Balaban J connectivity index is 1.52. The molecule has 8 nitrogen and oxygen atoms in total. The van der Waals surface area contributed by atoms with Gasteiger partial charge in [-0.15, -0.1) is 0 Å². The molecule has 1 amide bonds. The van der Waals surface area contributed by atoms with Gasteiger partial charge in [-0.1, -0.05) is 54.5 Å². The molecule has 0 N–H and O–H groups in total. The maximum Gasteiger partial charge on any atom is 0.266 e. The van der Waals surface area contributed by atoms with Crippen LogP contribution in [0.1, 0.15) is 37.1 Å². The number of carbonyl (C=O) groups is 1. The first-order valence-electron chi connectivity index (χ1n) is 11.3. The van der Waals surface area contributed by atoms with Crippen LogP contribution in [0.25, 0.3) is 6.08 Å². The topological polar surface area (TPSA) is 93.0 Å². The predicted molar refractivity (Wildman–Crippen MR) is 133 cm³/mol. The SMILES string of the molecule is Cc1ccc(S(=O)(=O)c2nc(C=C3SC(=S)N(C4CCCC4)C3=O)oc2N2CCOCC2)cc1. The summed E-state index contributed by atoms with van der Waals surface area (Å²) >= 11 is 6.68. The Morgan fingerprint density at radius 2 is 1.82 bits per heavy atom. The smallest absolute Gasteiger partial charge is 0.266 e. The number of thioether (sulfide) groups is 1. The minimum absolute atomic E-state index is 0.0686. The standard InChI is InChI=1S/C23H25N3O5S3/c1-15-6-8-17(9-7-15)34(28,29)20-22(25-10-12-30-13-11-25)31-19(24-20)14-18-21(27)26(23(32)33-18)16-4-2-3-5-16/h6-9,14,16H,2-5,10-13H2,1H3. The molecular weight excluding hydrogens is 494 g/mol. The second-order valence-corrected chi connectivity index (χ2v) is 12.1. The Morgan fingerprint density at radius 1 is 1.15 bits per heavy atom. The molecule has 0 spiro atoms. The van der Waals surface area contributed by atoms with Crippen molar-refractivity contribution in [3.63, 3.8) is 0 Å². The second kappa shape index (κ2) is 9.44. The van der Waals surface area contributed by atoms with E-state index < -0.39 is 9.84 Å². The molecule has 0 bridgehead atoms. The van der Waals surface area contributed by atoms with Crippen molar-refractivity contribution in [3.05, 3.63) is 40.6 Å². The van der Waals surface area contributed by atoms with Gasteiger partial charge in [-0.25, -0.2) is 8.42 Å². The van der Waals surface area contributed by atoms with E-state index in [0.29, 0.717) is 35.5 Å². The predicted octanol–water partition coefficient (Wildman–Crippen LogP) is 3.80. The van der Waals surface area contributed by atoms with Gasteiger partial charge in [0.05, 0.1) is 23.0 Å². The molecular formula is C23H25N3O5S3. The van der Waals surface area contributed by atoms with Crippen LogP contribution in [-0.4, -0.2) is 60.9 Å². The maximum atomic E-state index is 13.5. The lowest BCUT2D eigenvalue weighted by molar-refractivity contribution is -0.123. The first-order valence-corrected chi connectivity index (χ1v) is 14.0. The summed E-state index contributed by atoms with van der Waals surface area (Å²) in [6.07, 6.45) is 5.57. The highest BCUT2D eigenvalue weighted by Gasteiger charge is 2.39. The number of carbonyl (C=O) groups excluding carboxylic acids is 1. The molecule has 11 heteroatoms. The van der Waals surface area contributed by atoms with Crippen molar-refractivity contribution in [2.24, 2.45) is 0 Å². The molecule has 3 heterocycles. The van der Waals surface area contributed by atoms with Crippen LogP contribution in [0, 0.1) is 6.92 Å². The van der Waals surface area contributed by atoms with E-state index in [1.54, 1.807) is 29.2 Å². The van der Waals surface area contributed by atoms with Crippen LogP contribution in [-0.2, 0) is 19.4 Å². The van der Waals surface area contributed by atoms with E-state index in [2.05, 4.69) is 4.98 Å². The number of aryl methyl sites for hydroxylation is 1. The van der Waals surface area contributed by atoms with Crippen molar-refractivity contribution in [1.82, 2.24) is 9.88 Å². The quantitative estimate of drug-likeness (QED) is 0.432. The molecule has 2 aliphatic heterocycles. The van der Waals surface area contributed by atoms with Crippen LogP contribution in [0.5, 0.6) is 0 Å². The minimum atomic E-state index is -3.94. The van der Waals surface area contributed by atoms with Crippen molar-refractivity contribution in [3.8, 4) is 0 Å². The van der Waals surface area contributed by atoms with E-state index in [1.807, 2.05) is 11.8 Å². The number of nitrogens with zero attached hydrogens (tertiary/aromatic N) is 3. The molecule has 5 rings (SSSR count). The minimum Gasteiger partial charge on any atom is -0.420 e. The maximum absolute atomic E-state index is 13.5. The van der Waals surface area contributed by atoms with E-state index in [4.69, 9.17) is 21.4 Å². The van der Waals surface area contributed by atoms with Crippen molar-refractivity contribution in [1.29, 1.82) is 0 Å². The van der Waals surface area contributed by atoms with Crippen molar-refractivity contribution in [2.75, 3.05) is 31.2 Å². The molecule has 1 saturated carbocycles. The lowest BCUT2D eigenvalue weighted by atomic mass is 10.2. The van der Waals surface area contributed by atoms with Crippen LogP contribution in [0.2, 0.25) is 0 Å². The second-order valence-electron chi connectivity index (χ2n) is 8.57. The number of aromatic nitrogens is 1. The summed E-state index contributed by atoms with van der Waals surface area (Å²) in [5.41, 5.74) is 0.956. The Hall–Kier alpha value is -2.21.